The fourth-order valence-electron chi connectivity index (χ4n) is 3.13. The predicted molar refractivity (Wildman–Crippen MR) is 74.9 cm³/mol. The zero-order valence-electron chi connectivity index (χ0n) is 12.0. The molecule has 2 fully saturated rings. The van der Waals surface area contributed by atoms with Crippen LogP contribution in [0.1, 0.15) is 20.3 Å². The van der Waals surface area contributed by atoms with Crippen LogP contribution in [0.2, 0.25) is 0 Å². The standard InChI is InChI=1S/C14H29N3O/c1-3-15-14-5-10-18-12-13(14)11-17-8-6-16(4-2)7-9-17/h13-15H,3-12H2,1-2H3. The van der Waals surface area contributed by atoms with E-state index >= 15 is 0 Å². The maximum Gasteiger partial charge on any atom is 0.0521 e. The van der Waals surface area contributed by atoms with Crippen LogP contribution in [0.3, 0.4) is 0 Å². The van der Waals surface area contributed by atoms with Gasteiger partial charge in [0.05, 0.1) is 6.61 Å². The Morgan fingerprint density at radius 2 is 1.83 bits per heavy atom. The number of nitrogens with zero attached hydrogens (tertiary/aromatic N) is 2. The van der Waals surface area contributed by atoms with Crippen LogP contribution in [0.4, 0.5) is 0 Å². The van der Waals surface area contributed by atoms with Gasteiger partial charge in [-0.15, -0.1) is 0 Å². The van der Waals surface area contributed by atoms with Crippen LogP contribution in [-0.4, -0.2) is 74.9 Å². The maximum atomic E-state index is 5.67. The van der Waals surface area contributed by atoms with Crippen molar-refractivity contribution in [3.05, 3.63) is 0 Å². The molecule has 0 spiro atoms. The van der Waals surface area contributed by atoms with Gasteiger partial charge in [0.1, 0.15) is 0 Å². The lowest BCUT2D eigenvalue weighted by Gasteiger charge is -2.39. The molecule has 2 aliphatic rings. The highest BCUT2D eigenvalue weighted by Gasteiger charge is 2.27. The molecule has 2 unspecified atom stereocenters. The average Bonchev–Trinajstić information content (AvgIpc) is 2.42. The largest absolute Gasteiger partial charge is 0.381 e. The molecule has 0 aromatic carbocycles. The van der Waals surface area contributed by atoms with Crippen molar-refractivity contribution < 1.29 is 4.74 Å². The second kappa shape index (κ2) is 7.43. The first-order valence-corrected chi connectivity index (χ1v) is 7.59. The molecule has 18 heavy (non-hydrogen) atoms. The molecular weight excluding hydrogens is 226 g/mol. The third-order valence-electron chi connectivity index (χ3n) is 4.35. The van der Waals surface area contributed by atoms with E-state index in [1.165, 1.54) is 45.7 Å². The number of nitrogens with one attached hydrogen (secondary N) is 1. The van der Waals surface area contributed by atoms with Gasteiger partial charge in [0.15, 0.2) is 0 Å². The second-order valence-corrected chi connectivity index (χ2v) is 5.52. The summed E-state index contributed by atoms with van der Waals surface area (Å²) in [5.74, 6) is 0.673. The van der Waals surface area contributed by atoms with Gasteiger partial charge in [-0.2, -0.15) is 0 Å². The maximum absolute atomic E-state index is 5.67. The molecule has 2 aliphatic heterocycles. The molecule has 0 aromatic heterocycles. The van der Waals surface area contributed by atoms with E-state index in [-0.39, 0.29) is 0 Å². The van der Waals surface area contributed by atoms with E-state index in [1.54, 1.807) is 0 Å². The van der Waals surface area contributed by atoms with Crippen molar-refractivity contribution in [1.29, 1.82) is 0 Å². The van der Waals surface area contributed by atoms with Gasteiger partial charge in [-0.1, -0.05) is 13.8 Å². The van der Waals surface area contributed by atoms with E-state index in [2.05, 4.69) is 29.0 Å². The Kier molecular flexibility index (Phi) is 5.89. The summed E-state index contributed by atoms with van der Waals surface area (Å²) in [6.07, 6.45) is 1.17. The second-order valence-electron chi connectivity index (χ2n) is 5.52. The first-order valence-electron chi connectivity index (χ1n) is 7.59. The predicted octanol–water partition coefficient (Wildman–Crippen LogP) is 0.639. The van der Waals surface area contributed by atoms with Gasteiger partial charge >= 0.3 is 0 Å². The molecule has 0 radical (unpaired) electrons. The van der Waals surface area contributed by atoms with Gasteiger partial charge in [-0.05, 0) is 19.5 Å². The molecule has 0 bridgehead atoms. The number of piperazine rings is 1. The number of rotatable bonds is 5. The van der Waals surface area contributed by atoms with Crippen LogP contribution in [-0.2, 0) is 4.74 Å². The number of likely N-dealkylation sites (N-methyl/N-ethyl adjacent to an activating group) is 1. The minimum Gasteiger partial charge on any atom is -0.381 e. The monoisotopic (exact) mass is 255 g/mol. The number of hydrogen-bond acceptors (Lipinski definition) is 4. The lowest BCUT2D eigenvalue weighted by molar-refractivity contribution is 0.00951. The summed E-state index contributed by atoms with van der Waals surface area (Å²) >= 11 is 0. The van der Waals surface area contributed by atoms with E-state index < -0.39 is 0 Å². The molecule has 0 aromatic rings. The molecular formula is C14H29N3O. The molecule has 2 saturated heterocycles. The highest BCUT2D eigenvalue weighted by atomic mass is 16.5. The van der Waals surface area contributed by atoms with Crippen LogP contribution in [0, 0.1) is 5.92 Å². The van der Waals surface area contributed by atoms with Crippen LogP contribution in [0.5, 0.6) is 0 Å². The van der Waals surface area contributed by atoms with E-state index in [0.29, 0.717) is 12.0 Å². The third kappa shape index (κ3) is 3.92. The highest BCUT2D eigenvalue weighted by Crippen LogP contribution is 2.17. The smallest absolute Gasteiger partial charge is 0.0521 e. The Labute approximate surface area is 112 Å². The van der Waals surface area contributed by atoms with Crippen molar-refractivity contribution in [2.75, 3.05) is 59.0 Å². The van der Waals surface area contributed by atoms with Gasteiger partial charge in [0, 0.05) is 51.3 Å². The molecule has 0 aliphatic carbocycles. The average molecular weight is 255 g/mol. The van der Waals surface area contributed by atoms with Gasteiger partial charge in [0.2, 0.25) is 0 Å². The van der Waals surface area contributed by atoms with Crippen molar-refractivity contribution in [1.82, 2.24) is 15.1 Å². The molecule has 2 heterocycles. The fourth-order valence-corrected chi connectivity index (χ4v) is 3.13. The van der Waals surface area contributed by atoms with Crippen molar-refractivity contribution in [3.63, 3.8) is 0 Å². The zero-order chi connectivity index (χ0) is 12.8. The molecule has 1 N–H and O–H groups in total. The summed E-state index contributed by atoms with van der Waals surface area (Å²) in [6, 6.07) is 0.660. The molecule has 0 saturated carbocycles. The van der Waals surface area contributed by atoms with Crippen LogP contribution in [0.15, 0.2) is 0 Å². The summed E-state index contributed by atoms with van der Waals surface area (Å²) in [5, 5.41) is 3.63. The Morgan fingerprint density at radius 1 is 1.11 bits per heavy atom. The molecule has 2 rings (SSSR count). The van der Waals surface area contributed by atoms with Crippen LogP contribution in [0.25, 0.3) is 0 Å². The Bertz CT molecular complexity index is 227. The summed E-state index contributed by atoms with van der Waals surface area (Å²) in [7, 11) is 0. The Balaban J connectivity index is 1.77. The van der Waals surface area contributed by atoms with E-state index in [4.69, 9.17) is 4.74 Å². The molecule has 106 valence electrons. The van der Waals surface area contributed by atoms with Gasteiger partial charge in [0.25, 0.3) is 0 Å². The third-order valence-corrected chi connectivity index (χ3v) is 4.35. The molecule has 4 nitrogen and oxygen atoms in total. The summed E-state index contributed by atoms with van der Waals surface area (Å²) in [5.41, 5.74) is 0. The fraction of sp³-hybridized carbons (Fsp3) is 1.00. The number of hydrogen-bond donors (Lipinski definition) is 1. The lowest BCUT2D eigenvalue weighted by Crippen LogP contribution is -2.52. The zero-order valence-corrected chi connectivity index (χ0v) is 12.0. The number of ether oxygens (including phenoxy) is 1. The van der Waals surface area contributed by atoms with Crippen LogP contribution < -0.4 is 5.32 Å². The first kappa shape index (κ1) is 14.3. The quantitative estimate of drug-likeness (QED) is 0.780. The molecule has 0 amide bonds. The van der Waals surface area contributed by atoms with Crippen molar-refractivity contribution >= 4 is 0 Å². The normalized spacial score (nSPS) is 31.7. The van der Waals surface area contributed by atoms with Crippen molar-refractivity contribution in [2.24, 2.45) is 5.92 Å². The van der Waals surface area contributed by atoms with Crippen molar-refractivity contribution in [2.45, 2.75) is 26.3 Å². The molecule has 4 heteroatoms. The van der Waals surface area contributed by atoms with E-state index in [1.807, 2.05) is 0 Å². The van der Waals surface area contributed by atoms with E-state index in [9.17, 15) is 0 Å². The SMILES string of the molecule is CCNC1CCOCC1CN1CCN(CC)CC1. The molecule has 2 atom stereocenters. The lowest BCUT2D eigenvalue weighted by atomic mass is 9.95. The minimum absolute atomic E-state index is 0.660. The summed E-state index contributed by atoms with van der Waals surface area (Å²) in [6.45, 7) is 14.7. The minimum atomic E-state index is 0.660. The van der Waals surface area contributed by atoms with Crippen molar-refractivity contribution in [3.8, 4) is 0 Å². The van der Waals surface area contributed by atoms with Gasteiger partial charge < -0.3 is 19.9 Å². The van der Waals surface area contributed by atoms with Gasteiger partial charge in [-0.3, -0.25) is 0 Å². The van der Waals surface area contributed by atoms with E-state index in [0.717, 1.165) is 19.8 Å². The Morgan fingerprint density at radius 3 is 2.50 bits per heavy atom. The summed E-state index contributed by atoms with van der Waals surface area (Å²) < 4.78 is 5.67. The van der Waals surface area contributed by atoms with Gasteiger partial charge in [-0.25, -0.2) is 0 Å². The topological polar surface area (TPSA) is 27.7 Å². The van der Waals surface area contributed by atoms with Crippen LogP contribution >= 0.6 is 0 Å². The highest BCUT2D eigenvalue weighted by molar-refractivity contribution is 4.83. The Hall–Kier alpha value is -0.160. The first-order chi connectivity index (χ1) is 8.83. The summed E-state index contributed by atoms with van der Waals surface area (Å²) in [4.78, 5) is 5.16.